The first kappa shape index (κ1) is 15.6. The minimum atomic E-state index is -0.531. The number of nitrogens with one attached hydrogen (secondary N) is 1. The van der Waals surface area contributed by atoms with E-state index in [1.54, 1.807) is 13.2 Å². The smallest absolute Gasteiger partial charge is 0.363 e. The molecule has 1 unspecified atom stereocenters. The molecule has 1 atom stereocenters. The third-order valence-corrected chi connectivity index (χ3v) is 2.93. The van der Waals surface area contributed by atoms with Gasteiger partial charge in [-0.3, -0.25) is 0 Å². The first-order valence-corrected chi connectivity index (χ1v) is 6.74. The summed E-state index contributed by atoms with van der Waals surface area (Å²) < 4.78 is 11.0. The van der Waals surface area contributed by atoms with Gasteiger partial charge in [-0.1, -0.05) is 12.1 Å². The van der Waals surface area contributed by atoms with Gasteiger partial charge in [-0.15, -0.1) is 0 Å². The van der Waals surface area contributed by atoms with E-state index in [1.165, 1.54) is 12.3 Å². The van der Waals surface area contributed by atoms with Crippen molar-refractivity contribution in [2.75, 3.05) is 19.0 Å². The van der Waals surface area contributed by atoms with Crippen molar-refractivity contribution in [1.82, 2.24) is 4.98 Å². The molecule has 0 aliphatic carbocycles. The Kier molecular flexibility index (Phi) is 5.13. The highest BCUT2D eigenvalue weighted by Gasteiger charge is 2.10. The summed E-state index contributed by atoms with van der Waals surface area (Å²) in [4.78, 5) is 13.7. The van der Waals surface area contributed by atoms with Gasteiger partial charge in [0, 0.05) is 6.07 Å². The Balaban J connectivity index is 1.89. The number of ether oxygens (including phenoxy) is 2. The molecule has 2 aromatic rings. The maximum absolute atomic E-state index is 10.5. The fourth-order valence-corrected chi connectivity index (χ4v) is 1.83. The molecule has 1 aromatic carbocycles. The number of methoxy groups -OCH3 is 1. The molecule has 22 heavy (non-hydrogen) atoms. The first-order chi connectivity index (χ1) is 10.6. The van der Waals surface area contributed by atoms with Gasteiger partial charge in [0.15, 0.2) is 17.7 Å². The van der Waals surface area contributed by atoms with Crippen molar-refractivity contribution in [2.24, 2.45) is 0 Å². The van der Waals surface area contributed by atoms with Crippen LogP contribution in [0.2, 0.25) is 0 Å². The number of nitrogens with zero attached hydrogens (tertiary/aromatic N) is 2. The van der Waals surface area contributed by atoms with Gasteiger partial charge in [-0.25, -0.2) is 0 Å². The molecule has 1 heterocycles. The Morgan fingerprint density at radius 3 is 2.59 bits per heavy atom. The third-order valence-electron chi connectivity index (χ3n) is 2.93. The summed E-state index contributed by atoms with van der Waals surface area (Å²) in [7, 11) is 1.59. The fourth-order valence-electron chi connectivity index (χ4n) is 1.83. The van der Waals surface area contributed by atoms with E-state index in [-0.39, 0.29) is 11.9 Å². The minimum absolute atomic E-state index is 0.119. The van der Waals surface area contributed by atoms with Crippen molar-refractivity contribution in [3.05, 3.63) is 52.7 Å². The zero-order valence-corrected chi connectivity index (χ0v) is 12.4. The molecular weight excluding hydrogens is 286 g/mol. The second-order valence-electron chi connectivity index (χ2n) is 4.62. The predicted molar refractivity (Wildman–Crippen MR) is 82.5 cm³/mol. The topological polar surface area (TPSA) is 86.5 Å². The van der Waals surface area contributed by atoms with Crippen LogP contribution in [0.25, 0.3) is 0 Å². The second-order valence-corrected chi connectivity index (χ2v) is 4.62. The minimum Gasteiger partial charge on any atom is -0.493 e. The molecule has 0 amide bonds. The van der Waals surface area contributed by atoms with Crippen LogP contribution in [0.3, 0.4) is 0 Å². The Labute approximate surface area is 128 Å². The predicted octanol–water partition coefficient (Wildman–Crippen LogP) is 2.88. The zero-order chi connectivity index (χ0) is 15.9. The monoisotopic (exact) mass is 303 g/mol. The van der Waals surface area contributed by atoms with E-state index in [4.69, 9.17) is 9.47 Å². The number of aromatic nitrogens is 1. The molecule has 0 fully saturated rings. The molecular formula is C15H17N3O4. The van der Waals surface area contributed by atoms with Gasteiger partial charge in [-0.05, 0) is 35.0 Å². The largest absolute Gasteiger partial charge is 0.493 e. The molecule has 0 spiro atoms. The highest BCUT2D eigenvalue weighted by molar-refractivity contribution is 5.43. The van der Waals surface area contributed by atoms with Crippen LogP contribution in [-0.2, 0) is 0 Å². The Bertz CT molecular complexity index is 631. The lowest BCUT2D eigenvalue weighted by Crippen LogP contribution is -2.23. The Morgan fingerprint density at radius 1 is 1.27 bits per heavy atom. The molecule has 0 saturated heterocycles. The van der Waals surface area contributed by atoms with Gasteiger partial charge in [0.25, 0.3) is 0 Å². The number of nitro groups is 1. The third kappa shape index (κ3) is 4.08. The zero-order valence-electron chi connectivity index (χ0n) is 12.4. The van der Waals surface area contributed by atoms with Crippen molar-refractivity contribution in [3.63, 3.8) is 0 Å². The summed E-state index contributed by atoms with van der Waals surface area (Å²) >= 11 is 0. The summed E-state index contributed by atoms with van der Waals surface area (Å²) in [5.41, 5.74) is 0.695. The van der Waals surface area contributed by atoms with Crippen molar-refractivity contribution in [2.45, 2.75) is 13.0 Å². The second kappa shape index (κ2) is 7.26. The van der Waals surface area contributed by atoms with Crippen LogP contribution in [0.4, 0.5) is 11.5 Å². The maximum atomic E-state index is 10.5. The fraction of sp³-hybridized carbons (Fsp3) is 0.267. The average Bonchev–Trinajstić information content (AvgIpc) is 2.54. The van der Waals surface area contributed by atoms with E-state index in [1.807, 2.05) is 31.2 Å². The molecule has 7 heteroatoms. The number of hydrogen-bond acceptors (Lipinski definition) is 6. The van der Waals surface area contributed by atoms with Gasteiger partial charge in [0.2, 0.25) is 0 Å². The summed E-state index contributed by atoms with van der Waals surface area (Å²) in [5.74, 6) is 1.16. The van der Waals surface area contributed by atoms with Crippen molar-refractivity contribution < 1.29 is 14.4 Å². The van der Waals surface area contributed by atoms with E-state index in [0.717, 1.165) is 0 Å². The Morgan fingerprint density at radius 2 is 2.00 bits per heavy atom. The summed E-state index contributed by atoms with van der Waals surface area (Å²) in [6.07, 6.45) is 1.31. The number of benzene rings is 1. The Hall–Kier alpha value is -2.83. The molecule has 7 nitrogen and oxygen atoms in total. The van der Waals surface area contributed by atoms with E-state index >= 15 is 0 Å². The molecule has 2 rings (SSSR count). The van der Waals surface area contributed by atoms with E-state index in [9.17, 15) is 10.1 Å². The van der Waals surface area contributed by atoms with E-state index < -0.39 is 4.92 Å². The number of pyridine rings is 1. The molecule has 0 bridgehead atoms. The van der Waals surface area contributed by atoms with Crippen molar-refractivity contribution >= 4 is 11.5 Å². The van der Waals surface area contributed by atoms with Crippen LogP contribution in [0, 0.1) is 10.1 Å². The SMILES string of the molecule is COc1ccccc1OC(C)CNc1ccc([N+](=O)[O-])nc1. The molecule has 1 N–H and O–H groups in total. The van der Waals surface area contributed by atoms with Crippen molar-refractivity contribution in [1.29, 1.82) is 0 Å². The molecule has 0 saturated carbocycles. The summed E-state index contributed by atoms with van der Waals surface area (Å²) in [6.45, 7) is 2.44. The van der Waals surface area contributed by atoms with Crippen LogP contribution in [0.1, 0.15) is 6.92 Å². The lowest BCUT2D eigenvalue weighted by Gasteiger charge is -2.17. The van der Waals surface area contributed by atoms with Gasteiger partial charge in [0.1, 0.15) is 6.10 Å². The molecule has 1 aromatic heterocycles. The molecule has 0 aliphatic heterocycles. The first-order valence-electron chi connectivity index (χ1n) is 6.74. The van der Waals surface area contributed by atoms with Gasteiger partial charge >= 0.3 is 5.82 Å². The number of anilines is 1. The van der Waals surface area contributed by atoms with Gasteiger partial charge in [0.05, 0.1) is 19.3 Å². The highest BCUT2D eigenvalue weighted by atomic mass is 16.6. The normalized spacial score (nSPS) is 11.5. The highest BCUT2D eigenvalue weighted by Crippen LogP contribution is 2.26. The standard InChI is InChI=1S/C15H17N3O4/c1-11(22-14-6-4-3-5-13(14)21-2)9-16-12-7-8-15(17-10-12)18(19)20/h3-8,10-11,16H,9H2,1-2H3. The lowest BCUT2D eigenvalue weighted by atomic mass is 10.3. The van der Waals surface area contributed by atoms with Crippen LogP contribution in [-0.4, -0.2) is 29.7 Å². The maximum Gasteiger partial charge on any atom is 0.363 e. The number of rotatable bonds is 7. The average molecular weight is 303 g/mol. The number of para-hydroxylation sites is 2. The lowest BCUT2D eigenvalue weighted by molar-refractivity contribution is -0.389. The van der Waals surface area contributed by atoms with E-state index in [2.05, 4.69) is 10.3 Å². The summed E-state index contributed by atoms with van der Waals surface area (Å²) in [5, 5.41) is 13.7. The van der Waals surface area contributed by atoms with Crippen molar-refractivity contribution in [3.8, 4) is 11.5 Å². The van der Waals surface area contributed by atoms with Crippen LogP contribution in [0.15, 0.2) is 42.6 Å². The van der Waals surface area contributed by atoms with Gasteiger partial charge < -0.3 is 24.9 Å². The van der Waals surface area contributed by atoms with Crippen LogP contribution < -0.4 is 14.8 Å². The molecule has 116 valence electrons. The van der Waals surface area contributed by atoms with E-state index in [0.29, 0.717) is 23.7 Å². The van der Waals surface area contributed by atoms with Crippen LogP contribution in [0.5, 0.6) is 11.5 Å². The molecule has 0 radical (unpaired) electrons. The summed E-state index contributed by atoms with van der Waals surface area (Å²) in [6, 6.07) is 10.4. The quantitative estimate of drug-likeness (QED) is 0.625. The van der Waals surface area contributed by atoms with Gasteiger partial charge in [-0.2, -0.15) is 0 Å². The number of hydrogen-bond donors (Lipinski definition) is 1. The molecule has 0 aliphatic rings. The van der Waals surface area contributed by atoms with Crippen LogP contribution >= 0.6 is 0 Å².